The van der Waals surface area contributed by atoms with Crippen molar-refractivity contribution in [3.63, 3.8) is 0 Å². The van der Waals surface area contributed by atoms with Crippen molar-refractivity contribution in [3.05, 3.63) is 84.1 Å². The molecule has 1 unspecified atom stereocenters. The van der Waals surface area contributed by atoms with Crippen LogP contribution < -0.4 is 0 Å². The second-order valence-electron chi connectivity index (χ2n) is 5.06. The largest absolute Gasteiger partial charge is 0.663 e. The zero-order valence-electron chi connectivity index (χ0n) is 12.1. The van der Waals surface area contributed by atoms with E-state index in [9.17, 15) is 0 Å². The van der Waals surface area contributed by atoms with E-state index in [1.807, 2.05) is 30.5 Å². The van der Waals surface area contributed by atoms with Gasteiger partial charge in [-0.15, -0.1) is 5.70 Å². The molecule has 0 aromatic carbocycles. The van der Waals surface area contributed by atoms with Crippen molar-refractivity contribution >= 4 is 11.8 Å². The summed E-state index contributed by atoms with van der Waals surface area (Å²) in [6, 6.07) is 5.83. The molecular formula is C17H15FeN4-. The standard InChI is InChI=1S/C17H15N4.Fe/c1-17(6-5-14-11-18-13-19-12-14)7-9-21-16(10-17)15-4-2-3-8-20-15;/h2-13H,1H3;/q-1;. The van der Waals surface area contributed by atoms with Crippen molar-refractivity contribution in [2.24, 2.45) is 5.41 Å². The molecule has 0 amide bonds. The fourth-order valence-electron chi connectivity index (χ4n) is 2.09. The molecule has 1 atom stereocenters. The van der Waals surface area contributed by atoms with E-state index in [1.165, 1.54) is 6.33 Å². The predicted molar refractivity (Wildman–Crippen MR) is 83.9 cm³/mol. The van der Waals surface area contributed by atoms with Gasteiger partial charge in [-0.3, -0.25) is 4.98 Å². The minimum atomic E-state index is -0.204. The van der Waals surface area contributed by atoms with E-state index in [0.717, 1.165) is 17.0 Å². The van der Waals surface area contributed by atoms with Crippen LogP contribution in [0.4, 0.5) is 0 Å². The summed E-state index contributed by atoms with van der Waals surface area (Å²) in [5.41, 5.74) is 2.53. The Balaban J connectivity index is 0.00000176. The fraction of sp³-hybridized carbons (Fsp3) is 0.118. The summed E-state index contributed by atoms with van der Waals surface area (Å²) in [6.07, 6.45) is 17.0. The first-order chi connectivity index (χ1) is 10.3. The van der Waals surface area contributed by atoms with E-state index in [2.05, 4.69) is 45.4 Å². The van der Waals surface area contributed by atoms with Crippen LogP contribution in [0.15, 0.2) is 67.5 Å². The maximum atomic E-state index is 4.41. The van der Waals surface area contributed by atoms with Gasteiger partial charge in [0.05, 0.1) is 0 Å². The molecule has 0 spiro atoms. The van der Waals surface area contributed by atoms with Crippen LogP contribution in [0.2, 0.25) is 0 Å². The summed E-state index contributed by atoms with van der Waals surface area (Å²) < 4.78 is 0. The Hall–Kier alpha value is -2.23. The summed E-state index contributed by atoms with van der Waals surface area (Å²) >= 11 is 0. The third-order valence-electron chi connectivity index (χ3n) is 3.24. The minimum Gasteiger partial charge on any atom is -0.663 e. The molecule has 1 aliphatic heterocycles. The van der Waals surface area contributed by atoms with Gasteiger partial charge in [0.2, 0.25) is 0 Å². The van der Waals surface area contributed by atoms with Gasteiger partial charge >= 0.3 is 0 Å². The SMILES string of the molecule is CC1(C=Cc2cncnc2)C=C[N-]C(c2ccccn2)=C1.[Fe]. The van der Waals surface area contributed by atoms with Crippen LogP contribution >= 0.6 is 0 Å². The second-order valence-corrected chi connectivity index (χ2v) is 5.06. The third-order valence-corrected chi connectivity index (χ3v) is 3.24. The molecule has 0 fully saturated rings. The number of hydrogen-bond donors (Lipinski definition) is 0. The molecule has 0 radical (unpaired) electrons. The zero-order valence-corrected chi connectivity index (χ0v) is 13.2. The molecule has 3 heterocycles. The minimum absolute atomic E-state index is 0. The number of hydrogen-bond acceptors (Lipinski definition) is 3. The maximum Gasteiger partial charge on any atom is 0.115 e. The molecule has 5 heteroatoms. The van der Waals surface area contributed by atoms with Gasteiger partial charge in [-0.25, -0.2) is 9.97 Å². The van der Waals surface area contributed by atoms with Crippen LogP contribution in [0.25, 0.3) is 17.1 Å². The Kier molecular flexibility index (Phi) is 5.25. The summed E-state index contributed by atoms with van der Waals surface area (Å²) in [6.45, 7) is 2.13. The van der Waals surface area contributed by atoms with Gasteiger partial charge in [-0.1, -0.05) is 30.4 Å². The Bertz CT molecular complexity index is 695. The van der Waals surface area contributed by atoms with Crippen molar-refractivity contribution in [1.82, 2.24) is 15.0 Å². The smallest absolute Gasteiger partial charge is 0.115 e. The van der Waals surface area contributed by atoms with E-state index in [-0.39, 0.29) is 22.5 Å². The van der Waals surface area contributed by atoms with Gasteiger partial charge in [-0.05, 0) is 19.1 Å². The molecule has 0 N–H and O–H groups in total. The summed E-state index contributed by atoms with van der Waals surface area (Å²) in [4.78, 5) is 12.4. The molecule has 0 bridgehead atoms. The quantitative estimate of drug-likeness (QED) is 0.803. The first-order valence-electron chi connectivity index (χ1n) is 6.72. The van der Waals surface area contributed by atoms with E-state index in [1.54, 1.807) is 18.6 Å². The predicted octanol–water partition coefficient (Wildman–Crippen LogP) is 3.83. The van der Waals surface area contributed by atoms with Gasteiger partial charge in [0.1, 0.15) is 6.33 Å². The van der Waals surface area contributed by atoms with Crippen molar-refractivity contribution < 1.29 is 17.1 Å². The van der Waals surface area contributed by atoms with Gasteiger partial charge in [0.15, 0.2) is 0 Å². The van der Waals surface area contributed by atoms with E-state index >= 15 is 0 Å². The second kappa shape index (κ2) is 7.16. The van der Waals surface area contributed by atoms with Crippen molar-refractivity contribution in [3.8, 4) is 0 Å². The van der Waals surface area contributed by atoms with Crippen LogP contribution in [0.1, 0.15) is 18.2 Å². The molecule has 0 saturated heterocycles. The zero-order chi connectivity index (χ0) is 14.5. The average molecular weight is 331 g/mol. The van der Waals surface area contributed by atoms with Crippen molar-refractivity contribution in [2.75, 3.05) is 0 Å². The van der Waals surface area contributed by atoms with E-state index in [4.69, 9.17) is 0 Å². The summed E-state index contributed by atoms with van der Waals surface area (Å²) in [7, 11) is 0. The maximum absolute atomic E-state index is 4.41. The fourth-order valence-corrected chi connectivity index (χ4v) is 2.09. The molecule has 2 aromatic rings. The molecule has 22 heavy (non-hydrogen) atoms. The van der Waals surface area contributed by atoms with Crippen molar-refractivity contribution in [1.29, 1.82) is 0 Å². The van der Waals surface area contributed by atoms with Gasteiger partial charge in [0.25, 0.3) is 0 Å². The molecule has 0 saturated carbocycles. The number of nitrogens with zero attached hydrogens (tertiary/aromatic N) is 4. The van der Waals surface area contributed by atoms with Gasteiger partial charge in [-0.2, -0.15) is 6.20 Å². The summed E-state index contributed by atoms with van der Waals surface area (Å²) in [5.74, 6) is 0. The molecule has 2 aromatic heterocycles. The van der Waals surface area contributed by atoms with Crippen LogP contribution in [0.5, 0.6) is 0 Å². The molecule has 112 valence electrons. The summed E-state index contributed by atoms with van der Waals surface area (Å²) in [5, 5.41) is 4.41. The van der Waals surface area contributed by atoms with E-state index < -0.39 is 0 Å². The Morgan fingerprint density at radius 3 is 2.73 bits per heavy atom. The van der Waals surface area contributed by atoms with Crippen LogP contribution in [-0.4, -0.2) is 15.0 Å². The molecular weight excluding hydrogens is 316 g/mol. The molecule has 3 rings (SSSR count). The topological polar surface area (TPSA) is 52.8 Å². The Morgan fingerprint density at radius 2 is 2.00 bits per heavy atom. The van der Waals surface area contributed by atoms with E-state index in [0.29, 0.717) is 0 Å². The number of aromatic nitrogens is 3. The monoisotopic (exact) mass is 331 g/mol. The average Bonchev–Trinajstić information content (AvgIpc) is 2.55. The molecule has 0 aliphatic carbocycles. The third kappa shape index (κ3) is 3.91. The van der Waals surface area contributed by atoms with Crippen LogP contribution in [-0.2, 0) is 17.1 Å². The molecule has 1 aliphatic rings. The van der Waals surface area contributed by atoms with Crippen molar-refractivity contribution in [2.45, 2.75) is 6.92 Å². The normalized spacial score (nSPS) is 20.1. The number of pyridine rings is 1. The Morgan fingerprint density at radius 1 is 1.18 bits per heavy atom. The molecule has 4 nitrogen and oxygen atoms in total. The first kappa shape index (κ1) is 16.1. The van der Waals surface area contributed by atoms with Gasteiger partial charge in [0, 0.05) is 52.3 Å². The Labute approximate surface area is 140 Å². The number of allylic oxidation sites excluding steroid dienone is 3. The number of rotatable bonds is 3. The van der Waals surface area contributed by atoms with Gasteiger partial charge < -0.3 is 5.32 Å². The van der Waals surface area contributed by atoms with Crippen LogP contribution in [0.3, 0.4) is 0 Å². The van der Waals surface area contributed by atoms with Crippen LogP contribution in [0, 0.1) is 5.41 Å². The first-order valence-corrected chi connectivity index (χ1v) is 6.72.